The van der Waals surface area contributed by atoms with Gasteiger partial charge in [-0.3, -0.25) is 9.69 Å². The van der Waals surface area contributed by atoms with Crippen molar-refractivity contribution in [2.75, 3.05) is 39.3 Å². The van der Waals surface area contributed by atoms with Gasteiger partial charge in [0.25, 0.3) is 0 Å². The van der Waals surface area contributed by atoms with Crippen molar-refractivity contribution in [2.24, 2.45) is 5.92 Å². The quantitative estimate of drug-likeness (QED) is 0.736. The molecule has 0 radical (unpaired) electrons. The summed E-state index contributed by atoms with van der Waals surface area (Å²) in [5, 5.41) is 8.67. The first-order valence-electron chi connectivity index (χ1n) is 5.90. The molecule has 2 fully saturated rings. The second-order valence-electron chi connectivity index (χ2n) is 4.77. The normalized spacial score (nSPS) is 25.1. The molecule has 15 heavy (non-hydrogen) atoms. The van der Waals surface area contributed by atoms with Crippen LogP contribution in [0.2, 0.25) is 0 Å². The van der Waals surface area contributed by atoms with Crippen LogP contribution in [0, 0.1) is 5.92 Å². The maximum Gasteiger partial charge on any atom is 0.317 e. The molecule has 0 aromatic heterocycles. The third kappa shape index (κ3) is 3.18. The van der Waals surface area contributed by atoms with Gasteiger partial charge in [0.1, 0.15) is 0 Å². The van der Waals surface area contributed by atoms with Gasteiger partial charge >= 0.3 is 5.97 Å². The minimum absolute atomic E-state index is 0.206. The van der Waals surface area contributed by atoms with Crippen molar-refractivity contribution < 1.29 is 9.90 Å². The zero-order valence-corrected chi connectivity index (χ0v) is 9.19. The SMILES string of the molecule is O=C(O)CN1CCN(CC2CCC2)CC1. The Bertz CT molecular complexity index is 221. The Morgan fingerprint density at radius 2 is 1.73 bits per heavy atom. The van der Waals surface area contributed by atoms with Gasteiger partial charge in [0.05, 0.1) is 6.54 Å². The van der Waals surface area contributed by atoms with Crippen LogP contribution in [-0.2, 0) is 4.79 Å². The molecular formula is C11H20N2O2. The molecular weight excluding hydrogens is 192 g/mol. The lowest BCUT2D eigenvalue weighted by Crippen LogP contribution is -2.49. The van der Waals surface area contributed by atoms with E-state index >= 15 is 0 Å². The fourth-order valence-electron chi connectivity index (χ4n) is 2.36. The highest BCUT2D eigenvalue weighted by molar-refractivity contribution is 5.69. The monoisotopic (exact) mass is 212 g/mol. The summed E-state index contributed by atoms with van der Waals surface area (Å²) in [6.07, 6.45) is 4.20. The van der Waals surface area contributed by atoms with Crippen molar-refractivity contribution in [1.29, 1.82) is 0 Å². The lowest BCUT2D eigenvalue weighted by molar-refractivity contribution is -0.138. The fourth-order valence-corrected chi connectivity index (χ4v) is 2.36. The lowest BCUT2D eigenvalue weighted by atomic mass is 9.85. The number of nitrogens with zero attached hydrogens (tertiary/aromatic N) is 2. The van der Waals surface area contributed by atoms with E-state index in [2.05, 4.69) is 4.90 Å². The van der Waals surface area contributed by atoms with Crippen molar-refractivity contribution in [1.82, 2.24) is 9.80 Å². The van der Waals surface area contributed by atoms with Gasteiger partial charge in [-0.1, -0.05) is 6.42 Å². The summed E-state index contributed by atoms with van der Waals surface area (Å²) in [4.78, 5) is 15.0. The molecule has 2 rings (SSSR count). The molecule has 1 heterocycles. The van der Waals surface area contributed by atoms with Crippen LogP contribution in [0.1, 0.15) is 19.3 Å². The zero-order chi connectivity index (χ0) is 10.7. The van der Waals surface area contributed by atoms with E-state index < -0.39 is 5.97 Å². The standard InChI is InChI=1S/C11H20N2O2/c14-11(15)9-13-6-4-12(5-7-13)8-10-2-1-3-10/h10H,1-9H2,(H,14,15). The molecule has 0 unspecified atom stereocenters. The summed E-state index contributed by atoms with van der Waals surface area (Å²) in [7, 11) is 0. The van der Waals surface area contributed by atoms with Crippen LogP contribution in [0.4, 0.5) is 0 Å². The Labute approximate surface area is 90.9 Å². The summed E-state index contributed by atoms with van der Waals surface area (Å²) < 4.78 is 0. The van der Waals surface area contributed by atoms with Crippen molar-refractivity contribution in [3.63, 3.8) is 0 Å². The highest BCUT2D eigenvalue weighted by Crippen LogP contribution is 2.27. The average molecular weight is 212 g/mol. The molecule has 0 bridgehead atoms. The minimum atomic E-state index is -0.706. The van der Waals surface area contributed by atoms with E-state index in [1.54, 1.807) is 0 Å². The number of rotatable bonds is 4. The number of carbonyl (C=O) groups is 1. The van der Waals surface area contributed by atoms with Crippen LogP contribution in [0.3, 0.4) is 0 Å². The van der Waals surface area contributed by atoms with Crippen LogP contribution < -0.4 is 0 Å². The third-order valence-electron chi connectivity index (χ3n) is 3.56. The van der Waals surface area contributed by atoms with Gasteiger partial charge in [-0.2, -0.15) is 0 Å². The van der Waals surface area contributed by atoms with Gasteiger partial charge in [-0.25, -0.2) is 0 Å². The largest absolute Gasteiger partial charge is 0.480 e. The summed E-state index contributed by atoms with van der Waals surface area (Å²) in [6.45, 7) is 5.36. The molecule has 0 atom stereocenters. The van der Waals surface area contributed by atoms with E-state index in [4.69, 9.17) is 5.11 Å². The fraction of sp³-hybridized carbons (Fsp3) is 0.909. The Balaban J connectivity index is 1.64. The van der Waals surface area contributed by atoms with Crippen LogP contribution in [0.25, 0.3) is 0 Å². The van der Waals surface area contributed by atoms with Crippen molar-refractivity contribution in [3.8, 4) is 0 Å². The number of carboxylic acid groups (broad SMARTS) is 1. The van der Waals surface area contributed by atoms with Gasteiger partial charge in [0, 0.05) is 32.7 Å². The molecule has 1 aliphatic heterocycles. The van der Waals surface area contributed by atoms with E-state index in [-0.39, 0.29) is 6.54 Å². The molecule has 0 spiro atoms. The number of aliphatic carboxylic acids is 1. The molecule has 0 amide bonds. The topological polar surface area (TPSA) is 43.8 Å². The summed E-state index contributed by atoms with van der Waals surface area (Å²) in [6, 6.07) is 0. The van der Waals surface area contributed by atoms with Crippen LogP contribution in [0.5, 0.6) is 0 Å². The van der Waals surface area contributed by atoms with Gasteiger partial charge in [-0.05, 0) is 18.8 Å². The van der Waals surface area contributed by atoms with Crippen molar-refractivity contribution in [3.05, 3.63) is 0 Å². The van der Waals surface area contributed by atoms with E-state index in [0.29, 0.717) is 0 Å². The number of carboxylic acids is 1. The predicted molar refractivity (Wildman–Crippen MR) is 57.9 cm³/mol. The molecule has 4 heteroatoms. The number of hydrogen-bond donors (Lipinski definition) is 1. The number of hydrogen-bond acceptors (Lipinski definition) is 3. The molecule has 1 saturated heterocycles. The Kier molecular flexibility index (Phi) is 3.59. The second-order valence-corrected chi connectivity index (χ2v) is 4.77. The van der Waals surface area contributed by atoms with Crippen LogP contribution in [-0.4, -0.2) is 60.1 Å². The Hall–Kier alpha value is -0.610. The molecule has 2 aliphatic rings. The second kappa shape index (κ2) is 4.94. The molecule has 1 N–H and O–H groups in total. The first-order valence-corrected chi connectivity index (χ1v) is 5.90. The first-order chi connectivity index (χ1) is 7.24. The molecule has 4 nitrogen and oxygen atoms in total. The highest BCUT2D eigenvalue weighted by atomic mass is 16.4. The van der Waals surface area contributed by atoms with E-state index in [0.717, 1.165) is 32.1 Å². The maximum absolute atomic E-state index is 10.5. The Morgan fingerprint density at radius 1 is 1.13 bits per heavy atom. The van der Waals surface area contributed by atoms with Crippen molar-refractivity contribution in [2.45, 2.75) is 19.3 Å². The maximum atomic E-state index is 10.5. The molecule has 0 aromatic rings. The summed E-state index contributed by atoms with van der Waals surface area (Å²) in [5.41, 5.74) is 0. The smallest absolute Gasteiger partial charge is 0.317 e. The highest BCUT2D eigenvalue weighted by Gasteiger charge is 2.24. The summed E-state index contributed by atoms with van der Waals surface area (Å²) in [5.74, 6) is 0.221. The minimum Gasteiger partial charge on any atom is -0.480 e. The average Bonchev–Trinajstić information content (AvgIpc) is 2.13. The van der Waals surface area contributed by atoms with E-state index in [1.165, 1.54) is 25.8 Å². The zero-order valence-electron chi connectivity index (χ0n) is 9.19. The van der Waals surface area contributed by atoms with Crippen molar-refractivity contribution >= 4 is 5.97 Å². The summed E-state index contributed by atoms with van der Waals surface area (Å²) >= 11 is 0. The molecule has 1 aliphatic carbocycles. The number of piperazine rings is 1. The lowest BCUT2D eigenvalue weighted by Gasteiger charge is -2.37. The van der Waals surface area contributed by atoms with Crippen LogP contribution in [0.15, 0.2) is 0 Å². The Morgan fingerprint density at radius 3 is 2.20 bits per heavy atom. The third-order valence-corrected chi connectivity index (χ3v) is 3.56. The van der Waals surface area contributed by atoms with E-state index in [9.17, 15) is 4.79 Å². The molecule has 1 saturated carbocycles. The van der Waals surface area contributed by atoms with Gasteiger partial charge in [-0.15, -0.1) is 0 Å². The van der Waals surface area contributed by atoms with Gasteiger partial charge in [0.2, 0.25) is 0 Å². The molecule has 86 valence electrons. The predicted octanol–water partition coefficient (Wildman–Crippen LogP) is 0.489. The first kappa shape index (κ1) is 10.9. The van der Waals surface area contributed by atoms with Crippen LogP contribution >= 0.6 is 0 Å². The molecule has 0 aromatic carbocycles. The van der Waals surface area contributed by atoms with Gasteiger partial charge < -0.3 is 10.0 Å². The van der Waals surface area contributed by atoms with Gasteiger partial charge in [0.15, 0.2) is 0 Å². The van der Waals surface area contributed by atoms with E-state index in [1.807, 2.05) is 4.90 Å².